The first-order valence-corrected chi connectivity index (χ1v) is 8.89. The summed E-state index contributed by atoms with van der Waals surface area (Å²) < 4.78 is 5.83. The van der Waals surface area contributed by atoms with E-state index in [-0.39, 0.29) is 5.91 Å². The van der Waals surface area contributed by atoms with Crippen LogP contribution in [0.1, 0.15) is 16.7 Å². The average Bonchev–Trinajstić information content (AvgIpc) is 2.56. The second-order valence-electron chi connectivity index (χ2n) is 5.38. The standard InChI is InChI=1S/C19H23NO2S/c1-15-7-6-8-16(2)19(15)22-11-12-23-14-18(21)20-13-17-9-4-3-5-10-17/h3-10H,11-14H2,1-2H3,(H,20,21). The number of rotatable bonds is 8. The van der Waals surface area contributed by atoms with E-state index in [4.69, 9.17) is 4.74 Å². The van der Waals surface area contributed by atoms with Crippen molar-refractivity contribution in [1.29, 1.82) is 0 Å². The summed E-state index contributed by atoms with van der Waals surface area (Å²) in [5.74, 6) is 2.28. The van der Waals surface area contributed by atoms with Crippen molar-refractivity contribution < 1.29 is 9.53 Å². The molecule has 0 radical (unpaired) electrons. The first-order chi connectivity index (χ1) is 11.2. The highest BCUT2D eigenvalue weighted by molar-refractivity contribution is 7.99. The quantitative estimate of drug-likeness (QED) is 0.750. The Hall–Kier alpha value is -1.94. The minimum atomic E-state index is 0.0610. The van der Waals surface area contributed by atoms with Gasteiger partial charge in [0.1, 0.15) is 5.75 Å². The fraction of sp³-hybridized carbons (Fsp3) is 0.316. The van der Waals surface area contributed by atoms with Crippen molar-refractivity contribution >= 4 is 17.7 Å². The zero-order valence-electron chi connectivity index (χ0n) is 13.7. The number of amides is 1. The van der Waals surface area contributed by atoms with Gasteiger partial charge in [-0.15, -0.1) is 11.8 Å². The molecule has 2 aromatic carbocycles. The maximum Gasteiger partial charge on any atom is 0.230 e. The molecule has 0 bridgehead atoms. The number of aryl methyl sites for hydroxylation is 2. The van der Waals surface area contributed by atoms with Crippen LogP contribution in [0.5, 0.6) is 5.75 Å². The van der Waals surface area contributed by atoms with Crippen molar-refractivity contribution in [2.75, 3.05) is 18.1 Å². The largest absolute Gasteiger partial charge is 0.492 e. The smallest absolute Gasteiger partial charge is 0.230 e. The van der Waals surface area contributed by atoms with Crippen LogP contribution in [-0.4, -0.2) is 24.0 Å². The summed E-state index contributed by atoms with van der Waals surface area (Å²) in [4.78, 5) is 11.8. The lowest BCUT2D eigenvalue weighted by atomic mass is 10.1. The van der Waals surface area contributed by atoms with Crippen molar-refractivity contribution in [1.82, 2.24) is 5.32 Å². The van der Waals surface area contributed by atoms with Crippen LogP contribution in [0.3, 0.4) is 0 Å². The molecule has 1 N–H and O–H groups in total. The molecular formula is C19H23NO2S. The Morgan fingerprint density at radius 2 is 1.74 bits per heavy atom. The van der Waals surface area contributed by atoms with E-state index in [1.165, 1.54) is 0 Å². The number of nitrogens with one attached hydrogen (secondary N) is 1. The van der Waals surface area contributed by atoms with Gasteiger partial charge >= 0.3 is 0 Å². The third kappa shape index (κ3) is 5.99. The summed E-state index contributed by atoms with van der Waals surface area (Å²) >= 11 is 1.59. The Morgan fingerprint density at radius 3 is 2.43 bits per heavy atom. The van der Waals surface area contributed by atoms with Gasteiger partial charge in [0.15, 0.2) is 0 Å². The third-order valence-corrected chi connectivity index (χ3v) is 4.37. The SMILES string of the molecule is Cc1cccc(C)c1OCCSCC(=O)NCc1ccccc1. The molecular weight excluding hydrogens is 306 g/mol. The number of ether oxygens (including phenoxy) is 1. The molecule has 0 aliphatic heterocycles. The number of carbonyl (C=O) groups is 1. The molecule has 0 unspecified atom stereocenters. The molecule has 1 amide bonds. The van der Waals surface area contributed by atoms with Gasteiger partial charge in [-0.2, -0.15) is 0 Å². The number of para-hydroxylation sites is 1. The van der Waals surface area contributed by atoms with Crippen molar-refractivity contribution in [3.8, 4) is 5.75 Å². The molecule has 23 heavy (non-hydrogen) atoms. The Bertz CT molecular complexity index is 608. The minimum Gasteiger partial charge on any atom is -0.492 e. The molecule has 0 fully saturated rings. The van der Waals surface area contributed by atoms with Crippen molar-refractivity contribution in [3.05, 3.63) is 65.2 Å². The summed E-state index contributed by atoms with van der Waals surface area (Å²) in [7, 11) is 0. The van der Waals surface area contributed by atoms with E-state index in [1.807, 2.05) is 62.4 Å². The summed E-state index contributed by atoms with van der Waals surface area (Å²) in [6.45, 7) is 5.29. The van der Waals surface area contributed by atoms with Crippen LogP contribution in [-0.2, 0) is 11.3 Å². The van der Waals surface area contributed by atoms with Crippen LogP contribution < -0.4 is 10.1 Å². The molecule has 0 heterocycles. The predicted molar refractivity (Wildman–Crippen MR) is 97.0 cm³/mol. The number of thioether (sulfide) groups is 1. The Balaban J connectivity index is 1.61. The Labute approximate surface area is 142 Å². The van der Waals surface area contributed by atoms with Gasteiger partial charge in [0.05, 0.1) is 12.4 Å². The molecule has 0 aliphatic rings. The summed E-state index contributed by atoms with van der Waals surface area (Å²) in [6.07, 6.45) is 0. The van der Waals surface area contributed by atoms with Crippen LogP contribution in [0.2, 0.25) is 0 Å². The summed E-state index contributed by atoms with van der Waals surface area (Å²) in [5.41, 5.74) is 3.41. The van der Waals surface area contributed by atoms with Gasteiger partial charge in [0.25, 0.3) is 0 Å². The summed E-state index contributed by atoms with van der Waals surface area (Å²) in [5, 5.41) is 2.93. The Kier molecular flexibility index (Phi) is 7.01. The Morgan fingerprint density at radius 1 is 1.04 bits per heavy atom. The van der Waals surface area contributed by atoms with Crippen LogP contribution in [0.15, 0.2) is 48.5 Å². The monoisotopic (exact) mass is 329 g/mol. The first kappa shape index (κ1) is 17.4. The molecule has 2 aromatic rings. The van der Waals surface area contributed by atoms with Gasteiger partial charge in [0, 0.05) is 12.3 Å². The van der Waals surface area contributed by atoms with E-state index in [0.29, 0.717) is 18.9 Å². The van der Waals surface area contributed by atoms with Gasteiger partial charge in [-0.3, -0.25) is 4.79 Å². The van der Waals surface area contributed by atoms with E-state index in [9.17, 15) is 4.79 Å². The molecule has 122 valence electrons. The number of hydrogen-bond donors (Lipinski definition) is 1. The van der Waals surface area contributed by atoms with E-state index in [0.717, 1.165) is 28.2 Å². The highest BCUT2D eigenvalue weighted by Crippen LogP contribution is 2.22. The van der Waals surface area contributed by atoms with E-state index in [2.05, 4.69) is 5.32 Å². The van der Waals surface area contributed by atoms with Crippen LogP contribution in [0.4, 0.5) is 0 Å². The summed E-state index contributed by atoms with van der Waals surface area (Å²) in [6, 6.07) is 16.1. The molecule has 0 atom stereocenters. The minimum absolute atomic E-state index is 0.0610. The van der Waals surface area contributed by atoms with E-state index >= 15 is 0 Å². The van der Waals surface area contributed by atoms with E-state index < -0.39 is 0 Å². The third-order valence-electron chi connectivity index (χ3n) is 3.45. The molecule has 0 aromatic heterocycles. The molecule has 0 saturated heterocycles. The topological polar surface area (TPSA) is 38.3 Å². The molecule has 4 heteroatoms. The number of benzene rings is 2. The number of hydrogen-bond acceptors (Lipinski definition) is 3. The lowest BCUT2D eigenvalue weighted by molar-refractivity contribution is -0.118. The first-order valence-electron chi connectivity index (χ1n) is 7.74. The fourth-order valence-corrected chi connectivity index (χ4v) is 2.87. The van der Waals surface area contributed by atoms with Gasteiger partial charge in [-0.25, -0.2) is 0 Å². The zero-order valence-corrected chi connectivity index (χ0v) is 14.5. The highest BCUT2D eigenvalue weighted by Gasteiger charge is 2.04. The molecule has 2 rings (SSSR count). The van der Waals surface area contributed by atoms with Crippen LogP contribution in [0.25, 0.3) is 0 Å². The fourth-order valence-electron chi connectivity index (χ4n) is 2.24. The zero-order chi connectivity index (χ0) is 16.5. The molecule has 3 nitrogen and oxygen atoms in total. The maximum absolute atomic E-state index is 11.8. The second kappa shape index (κ2) is 9.26. The van der Waals surface area contributed by atoms with Crippen LogP contribution >= 0.6 is 11.8 Å². The predicted octanol–water partition coefficient (Wildman–Crippen LogP) is 3.73. The van der Waals surface area contributed by atoms with Crippen LogP contribution in [0, 0.1) is 13.8 Å². The molecule has 0 aliphatic carbocycles. The number of carbonyl (C=O) groups excluding carboxylic acids is 1. The lowest BCUT2D eigenvalue weighted by Crippen LogP contribution is -2.24. The molecule has 0 saturated carbocycles. The average molecular weight is 329 g/mol. The van der Waals surface area contributed by atoms with Gasteiger partial charge in [-0.05, 0) is 30.5 Å². The normalized spacial score (nSPS) is 10.3. The van der Waals surface area contributed by atoms with Gasteiger partial charge < -0.3 is 10.1 Å². The van der Waals surface area contributed by atoms with Gasteiger partial charge in [-0.1, -0.05) is 48.5 Å². The second-order valence-corrected chi connectivity index (χ2v) is 6.49. The highest BCUT2D eigenvalue weighted by atomic mass is 32.2. The van der Waals surface area contributed by atoms with E-state index in [1.54, 1.807) is 11.8 Å². The molecule has 0 spiro atoms. The van der Waals surface area contributed by atoms with Crippen molar-refractivity contribution in [2.45, 2.75) is 20.4 Å². The van der Waals surface area contributed by atoms with Crippen molar-refractivity contribution in [2.24, 2.45) is 0 Å². The van der Waals surface area contributed by atoms with Gasteiger partial charge in [0.2, 0.25) is 5.91 Å². The van der Waals surface area contributed by atoms with Crippen molar-refractivity contribution in [3.63, 3.8) is 0 Å². The lowest BCUT2D eigenvalue weighted by Gasteiger charge is -2.11. The maximum atomic E-state index is 11.8.